The lowest BCUT2D eigenvalue weighted by atomic mass is 10.1. The Kier molecular flexibility index (Phi) is 6.31. The van der Waals surface area contributed by atoms with Crippen molar-refractivity contribution in [1.82, 2.24) is 0 Å². The molecular weight excluding hydrogens is 370 g/mol. The van der Waals surface area contributed by atoms with Crippen LogP contribution in [0.1, 0.15) is 5.56 Å². The monoisotopic (exact) mass is 391 g/mol. The van der Waals surface area contributed by atoms with Gasteiger partial charge in [0.25, 0.3) is 0 Å². The van der Waals surface area contributed by atoms with Crippen molar-refractivity contribution in [3.05, 3.63) is 78.4 Å². The molecule has 0 aromatic heterocycles. The standard InChI is InChI=1S/C21H21N5OS/c22-21(23)15-4-3-5-17(12-15)25-13-20(27)26-16-10-8-14(9-11-16)18-6-1-2-7-19(18)28-24/h1-12,25H,13,24H2,(H3,22,23)(H,26,27). The van der Waals surface area contributed by atoms with E-state index in [0.29, 0.717) is 11.3 Å². The van der Waals surface area contributed by atoms with Crippen molar-refractivity contribution in [2.24, 2.45) is 10.9 Å². The maximum atomic E-state index is 12.2. The van der Waals surface area contributed by atoms with Crippen molar-refractivity contribution < 1.29 is 4.79 Å². The summed E-state index contributed by atoms with van der Waals surface area (Å²) in [5.41, 5.74) is 9.62. The molecule has 0 radical (unpaired) electrons. The number of carbonyl (C=O) groups is 1. The van der Waals surface area contributed by atoms with Gasteiger partial charge in [0, 0.05) is 21.8 Å². The van der Waals surface area contributed by atoms with Crippen LogP contribution in [0.4, 0.5) is 11.4 Å². The normalized spacial score (nSPS) is 10.3. The molecule has 0 saturated heterocycles. The summed E-state index contributed by atoms with van der Waals surface area (Å²) in [5, 5.41) is 19.1. The van der Waals surface area contributed by atoms with E-state index >= 15 is 0 Å². The molecule has 7 N–H and O–H groups in total. The van der Waals surface area contributed by atoms with E-state index < -0.39 is 0 Å². The first kappa shape index (κ1) is 19.5. The molecule has 0 spiro atoms. The summed E-state index contributed by atoms with van der Waals surface area (Å²) in [7, 11) is 0. The maximum Gasteiger partial charge on any atom is 0.243 e. The van der Waals surface area contributed by atoms with Crippen molar-refractivity contribution in [2.45, 2.75) is 4.90 Å². The second-order valence-electron chi connectivity index (χ2n) is 6.09. The van der Waals surface area contributed by atoms with E-state index in [-0.39, 0.29) is 18.3 Å². The molecule has 0 bridgehead atoms. The van der Waals surface area contributed by atoms with Crippen LogP contribution in [0.2, 0.25) is 0 Å². The summed E-state index contributed by atoms with van der Waals surface area (Å²) in [6.07, 6.45) is 0. The Morgan fingerprint density at radius 3 is 2.43 bits per heavy atom. The second-order valence-corrected chi connectivity index (χ2v) is 6.76. The molecule has 3 aromatic carbocycles. The lowest BCUT2D eigenvalue weighted by Crippen LogP contribution is -2.22. The highest BCUT2D eigenvalue weighted by Gasteiger charge is 2.06. The third kappa shape index (κ3) is 4.91. The van der Waals surface area contributed by atoms with Gasteiger partial charge >= 0.3 is 0 Å². The molecule has 0 fully saturated rings. The van der Waals surface area contributed by atoms with Gasteiger partial charge in [-0.2, -0.15) is 0 Å². The molecule has 3 aromatic rings. The van der Waals surface area contributed by atoms with E-state index in [4.69, 9.17) is 16.3 Å². The topological polar surface area (TPSA) is 117 Å². The Bertz CT molecular complexity index is 988. The SMILES string of the molecule is N=C(N)c1cccc(NCC(=O)Nc2ccc(-c3ccccc3SN)cc2)c1. The molecule has 0 aliphatic heterocycles. The average Bonchev–Trinajstić information content (AvgIpc) is 2.73. The number of nitrogens with two attached hydrogens (primary N) is 2. The van der Waals surface area contributed by atoms with Gasteiger partial charge in [0.05, 0.1) is 6.54 Å². The molecular formula is C21H21N5OS. The summed E-state index contributed by atoms with van der Waals surface area (Å²) >= 11 is 1.21. The van der Waals surface area contributed by atoms with Gasteiger partial charge in [-0.3, -0.25) is 15.3 Å². The minimum absolute atomic E-state index is 0.0113. The van der Waals surface area contributed by atoms with Crippen molar-refractivity contribution in [1.29, 1.82) is 5.41 Å². The lowest BCUT2D eigenvalue weighted by Gasteiger charge is -2.10. The number of benzene rings is 3. The van der Waals surface area contributed by atoms with Crippen LogP contribution in [0.5, 0.6) is 0 Å². The third-order valence-electron chi connectivity index (χ3n) is 4.12. The van der Waals surface area contributed by atoms with Crippen molar-refractivity contribution >= 4 is 35.1 Å². The van der Waals surface area contributed by atoms with E-state index in [1.54, 1.807) is 18.2 Å². The van der Waals surface area contributed by atoms with Gasteiger partial charge in [-0.1, -0.05) is 42.5 Å². The number of anilines is 2. The molecule has 0 aliphatic rings. The predicted octanol–water partition coefficient (Wildman–Crippen LogP) is 3.65. The second kappa shape index (κ2) is 9.07. The van der Waals surface area contributed by atoms with Crippen LogP contribution in [0.15, 0.2) is 77.7 Å². The Morgan fingerprint density at radius 1 is 0.964 bits per heavy atom. The Hall–Kier alpha value is -3.29. The number of nitrogens with one attached hydrogen (secondary N) is 3. The number of amidine groups is 1. The van der Waals surface area contributed by atoms with Gasteiger partial charge < -0.3 is 16.4 Å². The van der Waals surface area contributed by atoms with Gasteiger partial charge in [0.2, 0.25) is 5.91 Å². The van der Waals surface area contributed by atoms with Crippen LogP contribution < -0.4 is 21.5 Å². The highest BCUT2D eigenvalue weighted by molar-refractivity contribution is 7.97. The summed E-state index contributed by atoms with van der Waals surface area (Å²) < 4.78 is 0. The number of amides is 1. The molecule has 0 saturated carbocycles. The Balaban J connectivity index is 1.60. The largest absolute Gasteiger partial charge is 0.384 e. The smallest absolute Gasteiger partial charge is 0.243 e. The fourth-order valence-corrected chi connectivity index (χ4v) is 3.20. The Labute approximate surface area is 168 Å². The minimum Gasteiger partial charge on any atom is -0.384 e. The van der Waals surface area contributed by atoms with E-state index in [1.165, 1.54) is 11.9 Å². The first-order valence-electron chi connectivity index (χ1n) is 8.61. The number of rotatable bonds is 7. The van der Waals surface area contributed by atoms with Gasteiger partial charge in [0.1, 0.15) is 5.84 Å². The quantitative estimate of drug-likeness (QED) is 0.239. The van der Waals surface area contributed by atoms with Crippen LogP contribution >= 0.6 is 11.9 Å². The highest BCUT2D eigenvalue weighted by atomic mass is 32.2. The minimum atomic E-state index is -0.168. The van der Waals surface area contributed by atoms with Crippen molar-refractivity contribution in [2.75, 3.05) is 17.2 Å². The van der Waals surface area contributed by atoms with Gasteiger partial charge in [-0.05, 0) is 53.4 Å². The average molecular weight is 392 g/mol. The number of nitrogen functional groups attached to an aromatic ring is 1. The van der Waals surface area contributed by atoms with E-state index in [9.17, 15) is 4.79 Å². The van der Waals surface area contributed by atoms with Crippen LogP contribution in [0.25, 0.3) is 11.1 Å². The summed E-state index contributed by atoms with van der Waals surface area (Å²) in [6.45, 7) is 0.107. The van der Waals surface area contributed by atoms with E-state index in [1.807, 2.05) is 54.6 Å². The number of carbonyl (C=O) groups excluding carboxylic acids is 1. The van der Waals surface area contributed by atoms with Crippen molar-refractivity contribution in [3.8, 4) is 11.1 Å². The maximum absolute atomic E-state index is 12.2. The van der Waals surface area contributed by atoms with Gasteiger partial charge in [-0.15, -0.1) is 0 Å². The highest BCUT2D eigenvalue weighted by Crippen LogP contribution is 2.29. The number of hydrogen-bond donors (Lipinski definition) is 5. The van der Waals surface area contributed by atoms with Crippen molar-refractivity contribution in [3.63, 3.8) is 0 Å². The molecule has 142 valence electrons. The first-order valence-corrected chi connectivity index (χ1v) is 9.49. The van der Waals surface area contributed by atoms with Gasteiger partial charge in [0.15, 0.2) is 0 Å². The molecule has 0 heterocycles. The van der Waals surface area contributed by atoms with Crippen LogP contribution in [0, 0.1) is 5.41 Å². The zero-order chi connectivity index (χ0) is 19.9. The van der Waals surface area contributed by atoms with E-state index in [2.05, 4.69) is 10.6 Å². The Morgan fingerprint density at radius 2 is 1.71 bits per heavy atom. The molecule has 0 atom stereocenters. The number of hydrogen-bond acceptors (Lipinski definition) is 5. The third-order valence-corrected chi connectivity index (χ3v) is 4.73. The van der Waals surface area contributed by atoms with Gasteiger partial charge in [-0.25, -0.2) is 0 Å². The van der Waals surface area contributed by atoms with E-state index in [0.717, 1.165) is 21.7 Å². The van der Waals surface area contributed by atoms with Crippen LogP contribution in [0.3, 0.4) is 0 Å². The summed E-state index contributed by atoms with van der Waals surface area (Å²) in [4.78, 5) is 13.2. The molecule has 3 rings (SSSR count). The van der Waals surface area contributed by atoms with Crippen LogP contribution in [-0.2, 0) is 4.79 Å². The molecule has 0 unspecified atom stereocenters. The predicted molar refractivity (Wildman–Crippen MR) is 116 cm³/mol. The first-order chi connectivity index (χ1) is 13.6. The lowest BCUT2D eigenvalue weighted by molar-refractivity contribution is -0.114. The summed E-state index contributed by atoms with van der Waals surface area (Å²) in [6, 6.07) is 22.6. The molecule has 7 heteroatoms. The molecule has 0 aliphatic carbocycles. The molecule has 28 heavy (non-hydrogen) atoms. The zero-order valence-electron chi connectivity index (χ0n) is 15.1. The fourth-order valence-electron chi connectivity index (χ4n) is 2.73. The molecule has 6 nitrogen and oxygen atoms in total. The molecule has 1 amide bonds. The van der Waals surface area contributed by atoms with Crippen LogP contribution in [-0.4, -0.2) is 18.3 Å². The summed E-state index contributed by atoms with van der Waals surface area (Å²) in [5.74, 6) is -0.179. The zero-order valence-corrected chi connectivity index (χ0v) is 15.9. The fraction of sp³-hybridized carbons (Fsp3) is 0.0476.